The second kappa shape index (κ2) is 10.1. The van der Waals surface area contributed by atoms with Crippen LogP contribution in [0, 0.1) is 5.92 Å². The quantitative estimate of drug-likeness (QED) is 0.617. The highest BCUT2D eigenvalue weighted by molar-refractivity contribution is 5.82. The highest BCUT2D eigenvalue weighted by atomic mass is 16.5. The Balaban J connectivity index is 1.88. The number of piperidine rings is 1. The van der Waals surface area contributed by atoms with Crippen molar-refractivity contribution >= 4 is 11.9 Å². The Morgan fingerprint density at radius 1 is 1.10 bits per heavy atom. The number of likely N-dealkylation sites (tertiary alicyclic amines) is 1. The Kier molecular flexibility index (Phi) is 7.28. The minimum absolute atomic E-state index is 0.0847. The van der Waals surface area contributed by atoms with Crippen LogP contribution in [0.5, 0.6) is 5.75 Å². The molecule has 1 aliphatic rings. The molecule has 5 nitrogen and oxygen atoms in total. The normalized spacial score (nSPS) is 19.1. The first kappa shape index (κ1) is 20.9. The summed E-state index contributed by atoms with van der Waals surface area (Å²) in [4.78, 5) is 27.7. The fourth-order valence-electron chi connectivity index (χ4n) is 3.92. The van der Waals surface area contributed by atoms with Crippen LogP contribution in [0.1, 0.15) is 49.8 Å². The average molecular weight is 395 g/mol. The molecule has 0 aromatic heterocycles. The highest BCUT2D eigenvalue weighted by Crippen LogP contribution is 2.41. The maximum absolute atomic E-state index is 13.1. The molecule has 1 fully saturated rings. The number of benzene rings is 2. The van der Waals surface area contributed by atoms with E-state index in [0.717, 1.165) is 24.0 Å². The summed E-state index contributed by atoms with van der Waals surface area (Å²) in [5.74, 6) is 0.0966. The number of carbonyl (C=O) groups is 2. The minimum Gasteiger partial charge on any atom is -0.496 e. The van der Waals surface area contributed by atoms with E-state index in [1.807, 2.05) is 59.5 Å². The third-order valence-electron chi connectivity index (χ3n) is 5.44. The van der Waals surface area contributed by atoms with Crippen molar-refractivity contribution in [2.24, 2.45) is 5.92 Å². The van der Waals surface area contributed by atoms with E-state index in [1.54, 1.807) is 7.11 Å². The van der Waals surface area contributed by atoms with Crippen LogP contribution in [0.4, 0.5) is 0 Å². The van der Waals surface area contributed by atoms with E-state index in [-0.39, 0.29) is 24.5 Å². The first-order chi connectivity index (χ1) is 14.2. The van der Waals surface area contributed by atoms with E-state index in [4.69, 9.17) is 9.47 Å². The number of esters is 1. The van der Waals surface area contributed by atoms with E-state index >= 15 is 0 Å². The molecule has 2 aromatic carbocycles. The van der Waals surface area contributed by atoms with Gasteiger partial charge in [-0.25, -0.2) is 0 Å². The van der Waals surface area contributed by atoms with Crippen molar-refractivity contribution in [2.75, 3.05) is 13.7 Å². The largest absolute Gasteiger partial charge is 0.496 e. The van der Waals surface area contributed by atoms with Crippen molar-refractivity contribution < 1.29 is 19.1 Å². The molecule has 1 aliphatic heterocycles. The van der Waals surface area contributed by atoms with Gasteiger partial charge in [-0.3, -0.25) is 9.59 Å². The molecule has 1 heterocycles. The summed E-state index contributed by atoms with van der Waals surface area (Å²) in [7, 11) is 1.61. The number of rotatable bonds is 8. The zero-order valence-corrected chi connectivity index (χ0v) is 17.2. The first-order valence-corrected chi connectivity index (χ1v) is 10.3. The smallest absolute Gasteiger partial charge is 0.311 e. The molecule has 0 aliphatic carbocycles. The van der Waals surface area contributed by atoms with E-state index < -0.39 is 5.92 Å². The van der Waals surface area contributed by atoms with Gasteiger partial charge in [-0.15, -0.1) is 0 Å². The fourth-order valence-corrected chi connectivity index (χ4v) is 3.92. The highest BCUT2D eigenvalue weighted by Gasteiger charge is 2.42. The summed E-state index contributed by atoms with van der Waals surface area (Å²) in [6.07, 6.45) is 2.72. The SMILES string of the molecule is CCCCN1C(=O)CCC(C(=O)OCc2ccccc2)C1c1ccccc1OC. The number of para-hydroxylation sites is 1. The second-order valence-electron chi connectivity index (χ2n) is 7.37. The zero-order valence-electron chi connectivity index (χ0n) is 17.2. The van der Waals surface area contributed by atoms with Crippen molar-refractivity contribution in [1.29, 1.82) is 0 Å². The standard InChI is InChI=1S/C24H29NO4/c1-3-4-16-25-22(26)15-14-20(23(25)19-12-8-9-13-21(19)28-2)24(27)29-17-18-10-6-5-7-11-18/h5-13,20,23H,3-4,14-17H2,1-2H3. The van der Waals surface area contributed by atoms with Crippen molar-refractivity contribution in [2.45, 2.75) is 45.3 Å². The molecular weight excluding hydrogens is 366 g/mol. The van der Waals surface area contributed by atoms with Crippen LogP contribution in [0.3, 0.4) is 0 Å². The van der Waals surface area contributed by atoms with Crippen LogP contribution in [0.15, 0.2) is 54.6 Å². The van der Waals surface area contributed by atoms with Gasteiger partial charge in [0.15, 0.2) is 0 Å². The minimum atomic E-state index is -0.412. The lowest BCUT2D eigenvalue weighted by Crippen LogP contribution is -2.46. The number of hydrogen-bond acceptors (Lipinski definition) is 4. The number of methoxy groups -OCH3 is 1. The summed E-state index contributed by atoms with van der Waals surface area (Å²) in [5, 5.41) is 0. The second-order valence-corrected chi connectivity index (χ2v) is 7.37. The molecule has 0 bridgehead atoms. The van der Waals surface area contributed by atoms with E-state index in [1.165, 1.54) is 0 Å². The Morgan fingerprint density at radius 2 is 1.83 bits per heavy atom. The number of nitrogens with zero attached hydrogens (tertiary/aromatic N) is 1. The van der Waals surface area contributed by atoms with Crippen LogP contribution in [0.25, 0.3) is 0 Å². The Labute approximate surface area is 172 Å². The van der Waals surface area contributed by atoms with Crippen molar-refractivity contribution in [3.63, 3.8) is 0 Å². The molecule has 2 atom stereocenters. The van der Waals surface area contributed by atoms with Crippen LogP contribution in [-0.2, 0) is 20.9 Å². The fraction of sp³-hybridized carbons (Fsp3) is 0.417. The Hall–Kier alpha value is -2.82. The van der Waals surface area contributed by atoms with Gasteiger partial charge < -0.3 is 14.4 Å². The summed E-state index contributed by atoms with van der Waals surface area (Å²) in [5.41, 5.74) is 1.81. The number of amides is 1. The number of carbonyl (C=O) groups excluding carboxylic acids is 2. The van der Waals surface area contributed by atoms with Gasteiger partial charge in [0.2, 0.25) is 5.91 Å². The third-order valence-corrected chi connectivity index (χ3v) is 5.44. The van der Waals surface area contributed by atoms with E-state index in [0.29, 0.717) is 25.1 Å². The van der Waals surface area contributed by atoms with Crippen LogP contribution in [0.2, 0.25) is 0 Å². The topological polar surface area (TPSA) is 55.8 Å². The number of ether oxygens (including phenoxy) is 2. The van der Waals surface area contributed by atoms with Crippen LogP contribution < -0.4 is 4.74 Å². The zero-order chi connectivity index (χ0) is 20.6. The van der Waals surface area contributed by atoms with Crippen molar-refractivity contribution in [3.05, 3.63) is 65.7 Å². The van der Waals surface area contributed by atoms with E-state index in [2.05, 4.69) is 6.92 Å². The molecule has 0 spiro atoms. The molecule has 1 saturated heterocycles. The predicted octanol–water partition coefficient (Wildman–Crippen LogP) is 4.52. The maximum Gasteiger partial charge on any atom is 0.311 e. The average Bonchev–Trinajstić information content (AvgIpc) is 2.77. The van der Waals surface area contributed by atoms with Gasteiger partial charge >= 0.3 is 5.97 Å². The number of hydrogen-bond donors (Lipinski definition) is 0. The predicted molar refractivity (Wildman–Crippen MR) is 111 cm³/mol. The van der Waals surface area contributed by atoms with Crippen LogP contribution in [-0.4, -0.2) is 30.4 Å². The summed E-state index contributed by atoms with van der Waals surface area (Å²) >= 11 is 0. The van der Waals surface area contributed by atoms with Gasteiger partial charge in [0.1, 0.15) is 12.4 Å². The maximum atomic E-state index is 13.1. The first-order valence-electron chi connectivity index (χ1n) is 10.3. The lowest BCUT2D eigenvalue weighted by Gasteiger charge is -2.41. The molecule has 29 heavy (non-hydrogen) atoms. The molecule has 1 amide bonds. The van der Waals surface area contributed by atoms with Crippen molar-refractivity contribution in [1.82, 2.24) is 4.90 Å². The van der Waals surface area contributed by atoms with Gasteiger partial charge in [0, 0.05) is 18.5 Å². The molecule has 2 aromatic rings. The molecule has 2 unspecified atom stereocenters. The van der Waals surface area contributed by atoms with E-state index in [9.17, 15) is 9.59 Å². The lowest BCUT2D eigenvalue weighted by atomic mass is 9.83. The Bertz CT molecular complexity index is 821. The molecule has 0 saturated carbocycles. The van der Waals surface area contributed by atoms with Gasteiger partial charge in [-0.2, -0.15) is 0 Å². The van der Waals surface area contributed by atoms with Gasteiger partial charge in [0.05, 0.1) is 19.1 Å². The summed E-state index contributed by atoms with van der Waals surface area (Å²) < 4.78 is 11.2. The van der Waals surface area contributed by atoms with Crippen LogP contribution >= 0.6 is 0 Å². The van der Waals surface area contributed by atoms with Crippen molar-refractivity contribution in [3.8, 4) is 5.75 Å². The monoisotopic (exact) mass is 395 g/mol. The van der Waals surface area contributed by atoms with Gasteiger partial charge in [0.25, 0.3) is 0 Å². The van der Waals surface area contributed by atoms with Gasteiger partial charge in [-0.05, 0) is 24.5 Å². The summed E-state index contributed by atoms with van der Waals surface area (Å²) in [6.45, 7) is 2.95. The lowest BCUT2D eigenvalue weighted by molar-refractivity contribution is -0.158. The molecule has 0 radical (unpaired) electrons. The molecule has 3 rings (SSSR count). The van der Waals surface area contributed by atoms with Gasteiger partial charge in [-0.1, -0.05) is 61.9 Å². The molecule has 154 valence electrons. The number of unbranched alkanes of at least 4 members (excludes halogenated alkanes) is 1. The third kappa shape index (κ3) is 4.97. The summed E-state index contributed by atoms with van der Waals surface area (Å²) in [6, 6.07) is 16.9. The molecule has 0 N–H and O–H groups in total. The molecular formula is C24H29NO4. The molecule has 5 heteroatoms. The Morgan fingerprint density at radius 3 is 2.55 bits per heavy atom.